The Balaban J connectivity index is 2.32. The topological polar surface area (TPSA) is 81.7 Å². The van der Waals surface area contributed by atoms with Crippen molar-refractivity contribution in [3.05, 3.63) is 59.2 Å². The second-order valence-corrected chi connectivity index (χ2v) is 7.54. The molecule has 0 aliphatic heterocycles. The molecule has 26 heavy (non-hydrogen) atoms. The molecule has 1 N–H and O–H groups in total. The van der Waals surface area contributed by atoms with E-state index in [1.807, 2.05) is 19.1 Å². The van der Waals surface area contributed by atoms with Crippen molar-refractivity contribution in [2.45, 2.75) is 31.2 Å². The maximum absolute atomic E-state index is 12.8. The monoisotopic (exact) mass is 377 g/mol. The van der Waals surface area contributed by atoms with Crippen LogP contribution in [0.3, 0.4) is 0 Å². The van der Waals surface area contributed by atoms with E-state index in [2.05, 4.69) is 4.72 Å². The van der Waals surface area contributed by atoms with Crippen LogP contribution >= 0.6 is 0 Å². The van der Waals surface area contributed by atoms with Gasteiger partial charge in [-0.15, -0.1) is 0 Å². The van der Waals surface area contributed by atoms with Gasteiger partial charge in [-0.2, -0.15) is 0 Å². The predicted octanol–water partition coefficient (Wildman–Crippen LogP) is 3.22. The molecule has 140 valence electrons. The van der Waals surface area contributed by atoms with E-state index in [0.717, 1.165) is 5.56 Å². The normalized spacial score (nSPS) is 12.5. The SMILES string of the molecule is CC[C@H](NS(=O)(=O)c1ccc(C)c(C(=O)OC)c1)c1ccc(OC)cc1. The van der Waals surface area contributed by atoms with Gasteiger partial charge in [0.25, 0.3) is 0 Å². The molecule has 0 bridgehead atoms. The molecule has 2 rings (SSSR count). The van der Waals surface area contributed by atoms with E-state index in [0.29, 0.717) is 17.7 Å². The van der Waals surface area contributed by atoms with E-state index in [1.54, 1.807) is 32.2 Å². The summed E-state index contributed by atoms with van der Waals surface area (Å²) in [7, 11) is -0.969. The van der Waals surface area contributed by atoms with Gasteiger partial charge >= 0.3 is 5.97 Å². The minimum Gasteiger partial charge on any atom is -0.497 e. The van der Waals surface area contributed by atoms with E-state index in [-0.39, 0.29) is 10.5 Å². The van der Waals surface area contributed by atoms with Crippen LogP contribution in [0.4, 0.5) is 0 Å². The number of esters is 1. The summed E-state index contributed by atoms with van der Waals surface area (Å²) in [6.07, 6.45) is 0.571. The smallest absolute Gasteiger partial charge is 0.338 e. The van der Waals surface area contributed by atoms with Crippen molar-refractivity contribution in [3.8, 4) is 5.75 Å². The molecular formula is C19H23NO5S. The number of carbonyl (C=O) groups excluding carboxylic acids is 1. The lowest BCUT2D eigenvalue weighted by molar-refractivity contribution is 0.0599. The van der Waals surface area contributed by atoms with Gasteiger partial charge in [0, 0.05) is 6.04 Å². The van der Waals surface area contributed by atoms with Crippen molar-refractivity contribution >= 4 is 16.0 Å². The Morgan fingerprint density at radius 2 is 1.77 bits per heavy atom. The van der Waals surface area contributed by atoms with Gasteiger partial charge in [0.2, 0.25) is 10.0 Å². The Kier molecular flexibility index (Phi) is 6.39. The van der Waals surface area contributed by atoms with Gasteiger partial charge in [0.15, 0.2) is 0 Å². The molecule has 0 fully saturated rings. The number of aryl methyl sites for hydroxylation is 1. The third kappa shape index (κ3) is 4.42. The van der Waals surface area contributed by atoms with Crippen LogP contribution < -0.4 is 9.46 Å². The number of carbonyl (C=O) groups is 1. The molecule has 0 saturated carbocycles. The average Bonchev–Trinajstić information content (AvgIpc) is 2.65. The first kappa shape index (κ1) is 19.9. The summed E-state index contributed by atoms with van der Waals surface area (Å²) >= 11 is 0. The molecule has 0 spiro atoms. The molecule has 7 heteroatoms. The zero-order valence-corrected chi connectivity index (χ0v) is 16.1. The van der Waals surface area contributed by atoms with Gasteiger partial charge in [-0.1, -0.05) is 25.1 Å². The Morgan fingerprint density at radius 3 is 2.31 bits per heavy atom. The Hall–Kier alpha value is -2.38. The molecule has 0 aliphatic carbocycles. The van der Waals surface area contributed by atoms with Gasteiger partial charge < -0.3 is 9.47 Å². The summed E-state index contributed by atoms with van der Waals surface area (Å²) < 4.78 is 38.1. The zero-order valence-electron chi connectivity index (χ0n) is 15.3. The van der Waals surface area contributed by atoms with Gasteiger partial charge in [0.05, 0.1) is 24.7 Å². The van der Waals surface area contributed by atoms with Crippen LogP contribution in [0, 0.1) is 6.92 Å². The fourth-order valence-electron chi connectivity index (χ4n) is 2.58. The molecule has 6 nitrogen and oxygen atoms in total. The van der Waals surface area contributed by atoms with Gasteiger partial charge in [-0.05, 0) is 48.7 Å². The third-order valence-electron chi connectivity index (χ3n) is 4.15. The Morgan fingerprint density at radius 1 is 1.12 bits per heavy atom. The van der Waals surface area contributed by atoms with E-state index in [4.69, 9.17) is 9.47 Å². The minimum absolute atomic E-state index is 0.0236. The highest BCUT2D eigenvalue weighted by atomic mass is 32.2. The standard InChI is InChI=1S/C19H23NO5S/c1-5-18(14-7-9-15(24-3)10-8-14)20-26(22,23)16-11-6-13(2)17(12-16)19(21)25-4/h6-12,18,20H,5H2,1-4H3/t18-/m0/s1. The Labute approximate surface area is 154 Å². The molecular weight excluding hydrogens is 354 g/mol. The van der Waals surface area contributed by atoms with Crippen LogP contribution in [-0.4, -0.2) is 28.6 Å². The molecule has 0 saturated heterocycles. The van der Waals surface area contributed by atoms with E-state index >= 15 is 0 Å². The van der Waals surface area contributed by atoms with Crippen molar-refractivity contribution in [1.82, 2.24) is 4.72 Å². The van der Waals surface area contributed by atoms with E-state index < -0.39 is 22.0 Å². The lowest BCUT2D eigenvalue weighted by atomic mass is 10.1. The first-order chi connectivity index (χ1) is 12.3. The number of nitrogens with one attached hydrogen (secondary N) is 1. The van der Waals surface area contributed by atoms with Gasteiger partial charge in [-0.3, -0.25) is 0 Å². The van der Waals surface area contributed by atoms with Crippen LogP contribution in [-0.2, 0) is 14.8 Å². The van der Waals surface area contributed by atoms with Crippen LogP contribution in [0.5, 0.6) is 5.75 Å². The molecule has 0 radical (unpaired) electrons. The van der Waals surface area contributed by atoms with Crippen LogP contribution in [0.15, 0.2) is 47.4 Å². The average molecular weight is 377 g/mol. The summed E-state index contributed by atoms with van der Waals surface area (Å²) in [5, 5.41) is 0. The number of hydrogen-bond acceptors (Lipinski definition) is 5. The fourth-order valence-corrected chi connectivity index (χ4v) is 3.91. The summed E-state index contributed by atoms with van der Waals surface area (Å²) in [4.78, 5) is 11.8. The Bertz CT molecular complexity index is 875. The second kappa shape index (κ2) is 8.33. The van der Waals surface area contributed by atoms with Crippen molar-refractivity contribution in [1.29, 1.82) is 0 Å². The molecule has 0 aromatic heterocycles. The lowest BCUT2D eigenvalue weighted by Gasteiger charge is -2.18. The number of benzene rings is 2. The maximum Gasteiger partial charge on any atom is 0.338 e. The molecule has 0 amide bonds. The van der Waals surface area contributed by atoms with Gasteiger partial charge in [-0.25, -0.2) is 17.9 Å². The van der Waals surface area contributed by atoms with Crippen molar-refractivity contribution in [2.75, 3.05) is 14.2 Å². The number of ether oxygens (including phenoxy) is 2. The van der Waals surface area contributed by atoms with E-state index in [9.17, 15) is 13.2 Å². The highest BCUT2D eigenvalue weighted by molar-refractivity contribution is 7.89. The van der Waals surface area contributed by atoms with Gasteiger partial charge in [0.1, 0.15) is 5.75 Å². The first-order valence-electron chi connectivity index (χ1n) is 8.17. The highest BCUT2D eigenvalue weighted by Crippen LogP contribution is 2.23. The number of hydrogen-bond donors (Lipinski definition) is 1. The lowest BCUT2D eigenvalue weighted by Crippen LogP contribution is -2.28. The highest BCUT2D eigenvalue weighted by Gasteiger charge is 2.22. The second-order valence-electron chi connectivity index (χ2n) is 5.82. The van der Waals surface area contributed by atoms with Crippen molar-refractivity contribution in [2.24, 2.45) is 0 Å². The third-order valence-corrected chi connectivity index (χ3v) is 5.62. The number of sulfonamides is 1. The fraction of sp³-hybridized carbons (Fsp3) is 0.316. The summed E-state index contributed by atoms with van der Waals surface area (Å²) in [5.74, 6) is 0.134. The van der Waals surface area contributed by atoms with Crippen LogP contribution in [0.2, 0.25) is 0 Å². The summed E-state index contributed by atoms with van der Waals surface area (Å²) in [6, 6.07) is 11.2. The molecule has 0 aliphatic rings. The molecule has 0 unspecified atom stereocenters. The quantitative estimate of drug-likeness (QED) is 0.749. The molecule has 2 aromatic rings. The number of methoxy groups -OCH3 is 2. The van der Waals surface area contributed by atoms with Crippen LogP contribution in [0.1, 0.15) is 40.9 Å². The zero-order chi connectivity index (χ0) is 19.3. The summed E-state index contributed by atoms with van der Waals surface area (Å²) in [5.41, 5.74) is 1.71. The molecule has 0 heterocycles. The molecule has 1 atom stereocenters. The summed E-state index contributed by atoms with van der Waals surface area (Å²) in [6.45, 7) is 3.62. The maximum atomic E-state index is 12.8. The van der Waals surface area contributed by atoms with Crippen molar-refractivity contribution in [3.63, 3.8) is 0 Å². The minimum atomic E-state index is -3.81. The first-order valence-corrected chi connectivity index (χ1v) is 9.66. The number of rotatable bonds is 7. The molecule has 2 aromatic carbocycles. The largest absolute Gasteiger partial charge is 0.497 e. The predicted molar refractivity (Wildman–Crippen MR) is 98.9 cm³/mol. The van der Waals surface area contributed by atoms with Crippen LogP contribution in [0.25, 0.3) is 0 Å². The van der Waals surface area contributed by atoms with E-state index in [1.165, 1.54) is 19.2 Å². The van der Waals surface area contributed by atoms with Crippen molar-refractivity contribution < 1.29 is 22.7 Å².